The SMILES string of the molecule is CC1=CNN([C@H]2CCCN2C(=O)/C=C/c2ccc(Cl)cc2Cn2nnc(C)n2)O1. The van der Waals surface area contributed by atoms with Crippen molar-refractivity contribution in [2.45, 2.75) is 39.4 Å². The number of carbonyl (C=O) groups excluding carboxylic acids is 1. The first-order valence-electron chi connectivity index (χ1n) is 9.41. The van der Waals surface area contributed by atoms with Crippen LogP contribution in [-0.2, 0) is 16.2 Å². The van der Waals surface area contributed by atoms with Gasteiger partial charge in [0.1, 0.15) is 11.9 Å². The Morgan fingerprint density at radius 2 is 2.28 bits per heavy atom. The first-order chi connectivity index (χ1) is 14.0. The Labute approximate surface area is 173 Å². The summed E-state index contributed by atoms with van der Waals surface area (Å²) in [7, 11) is 0. The Hall–Kier alpha value is -2.91. The van der Waals surface area contributed by atoms with Crippen LogP contribution in [0.25, 0.3) is 6.08 Å². The van der Waals surface area contributed by atoms with Crippen molar-refractivity contribution in [2.24, 2.45) is 0 Å². The minimum atomic E-state index is -0.145. The average molecular weight is 416 g/mol. The van der Waals surface area contributed by atoms with Crippen LogP contribution < -0.4 is 5.43 Å². The molecule has 0 aliphatic carbocycles. The van der Waals surface area contributed by atoms with E-state index >= 15 is 0 Å². The number of hydroxylamine groups is 1. The molecule has 1 N–H and O–H groups in total. The fourth-order valence-electron chi connectivity index (χ4n) is 3.43. The predicted octanol–water partition coefficient (Wildman–Crippen LogP) is 2.26. The molecule has 1 saturated heterocycles. The molecule has 0 saturated carbocycles. The highest BCUT2D eigenvalue weighted by atomic mass is 35.5. The van der Waals surface area contributed by atoms with E-state index in [1.165, 1.54) is 4.80 Å². The third-order valence-corrected chi connectivity index (χ3v) is 5.02. The Kier molecular flexibility index (Phi) is 5.50. The molecular formula is C19H22ClN7O2. The number of nitrogens with one attached hydrogen (secondary N) is 1. The summed E-state index contributed by atoms with van der Waals surface area (Å²) in [5, 5.41) is 14.3. The van der Waals surface area contributed by atoms with Crippen LogP contribution in [0.2, 0.25) is 5.02 Å². The Morgan fingerprint density at radius 1 is 1.41 bits per heavy atom. The summed E-state index contributed by atoms with van der Waals surface area (Å²) in [5.41, 5.74) is 4.83. The van der Waals surface area contributed by atoms with Crippen molar-refractivity contribution in [3.63, 3.8) is 0 Å². The number of halogens is 1. The number of nitrogens with zero attached hydrogens (tertiary/aromatic N) is 6. The maximum Gasteiger partial charge on any atom is 0.247 e. The summed E-state index contributed by atoms with van der Waals surface area (Å²) in [6, 6.07) is 5.52. The van der Waals surface area contributed by atoms with Gasteiger partial charge in [-0.25, -0.2) is 0 Å². The summed E-state index contributed by atoms with van der Waals surface area (Å²) in [6.45, 7) is 4.74. The third-order valence-electron chi connectivity index (χ3n) is 4.79. The molecule has 1 aromatic heterocycles. The Balaban J connectivity index is 1.49. The molecule has 2 aliphatic rings. The zero-order valence-electron chi connectivity index (χ0n) is 16.2. The number of hydrogen-bond donors (Lipinski definition) is 1. The van der Waals surface area contributed by atoms with Crippen molar-refractivity contribution >= 4 is 23.6 Å². The molecule has 29 heavy (non-hydrogen) atoms. The van der Waals surface area contributed by atoms with E-state index in [9.17, 15) is 4.79 Å². The number of allylic oxidation sites excluding steroid dienone is 1. The fraction of sp³-hybridized carbons (Fsp3) is 0.368. The van der Waals surface area contributed by atoms with Gasteiger partial charge in [-0.05, 0) is 66.4 Å². The second kappa shape index (κ2) is 8.22. The smallest absolute Gasteiger partial charge is 0.247 e. The number of aryl methyl sites for hydroxylation is 1. The largest absolute Gasteiger partial charge is 0.387 e. The highest BCUT2D eigenvalue weighted by Gasteiger charge is 2.35. The van der Waals surface area contributed by atoms with Crippen LogP contribution >= 0.6 is 11.6 Å². The van der Waals surface area contributed by atoms with Gasteiger partial charge in [-0.1, -0.05) is 17.7 Å². The van der Waals surface area contributed by atoms with Crippen LogP contribution in [0.5, 0.6) is 0 Å². The number of rotatable bonds is 5. The van der Waals surface area contributed by atoms with Gasteiger partial charge in [0.05, 0.1) is 12.7 Å². The number of tetrazole rings is 1. The number of likely N-dealkylation sites (tertiary alicyclic amines) is 1. The van der Waals surface area contributed by atoms with E-state index < -0.39 is 0 Å². The summed E-state index contributed by atoms with van der Waals surface area (Å²) in [4.78, 5) is 21.8. The van der Waals surface area contributed by atoms with E-state index in [2.05, 4.69) is 20.8 Å². The van der Waals surface area contributed by atoms with Crippen molar-refractivity contribution in [3.8, 4) is 0 Å². The van der Waals surface area contributed by atoms with E-state index in [0.717, 1.165) is 29.7 Å². The van der Waals surface area contributed by atoms with Gasteiger partial charge in [0.25, 0.3) is 0 Å². The average Bonchev–Trinajstić information content (AvgIpc) is 3.42. The van der Waals surface area contributed by atoms with Gasteiger partial charge >= 0.3 is 0 Å². The van der Waals surface area contributed by atoms with Crippen LogP contribution in [0.4, 0.5) is 0 Å². The highest BCUT2D eigenvalue weighted by Crippen LogP contribution is 2.24. The first-order valence-corrected chi connectivity index (χ1v) is 9.79. The molecule has 0 spiro atoms. The van der Waals surface area contributed by atoms with Crippen molar-refractivity contribution in [1.82, 2.24) is 35.7 Å². The van der Waals surface area contributed by atoms with Gasteiger partial charge in [0, 0.05) is 17.6 Å². The normalized spacial score (nSPS) is 19.5. The minimum Gasteiger partial charge on any atom is -0.387 e. The van der Waals surface area contributed by atoms with Gasteiger partial charge in [0.2, 0.25) is 5.91 Å². The quantitative estimate of drug-likeness (QED) is 0.749. The molecule has 1 fully saturated rings. The fourth-order valence-corrected chi connectivity index (χ4v) is 3.63. The lowest BCUT2D eigenvalue weighted by atomic mass is 10.1. The van der Waals surface area contributed by atoms with Crippen LogP contribution in [0.3, 0.4) is 0 Å². The molecule has 2 aliphatic heterocycles. The maximum absolute atomic E-state index is 12.9. The molecule has 3 heterocycles. The molecule has 0 bridgehead atoms. The van der Waals surface area contributed by atoms with Crippen LogP contribution in [0.1, 0.15) is 36.7 Å². The van der Waals surface area contributed by atoms with Crippen molar-refractivity contribution < 1.29 is 9.63 Å². The molecular weight excluding hydrogens is 394 g/mol. The zero-order chi connectivity index (χ0) is 20.4. The highest BCUT2D eigenvalue weighted by molar-refractivity contribution is 6.30. The Morgan fingerprint density at radius 3 is 3.00 bits per heavy atom. The van der Waals surface area contributed by atoms with Gasteiger partial charge in [-0.3, -0.25) is 10.2 Å². The van der Waals surface area contributed by atoms with E-state index in [4.69, 9.17) is 16.4 Å². The molecule has 4 rings (SSSR count). The van der Waals surface area contributed by atoms with Crippen molar-refractivity contribution in [1.29, 1.82) is 0 Å². The lowest BCUT2D eigenvalue weighted by Crippen LogP contribution is -2.49. The van der Waals surface area contributed by atoms with E-state index in [1.54, 1.807) is 41.4 Å². The van der Waals surface area contributed by atoms with Crippen molar-refractivity contribution in [3.05, 3.63) is 58.2 Å². The molecule has 0 radical (unpaired) electrons. The number of hydrogen-bond acceptors (Lipinski definition) is 7. The maximum atomic E-state index is 12.9. The second-order valence-electron chi connectivity index (χ2n) is 7.00. The van der Waals surface area contributed by atoms with E-state index in [-0.39, 0.29) is 12.1 Å². The van der Waals surface area contributed by atoms with Gasteiger partial charge in [0.15, 0.2) is 5.82 Å². The second-order valence-corrected chi connectivity index (χ2v) is 7.44. The summed E-state index contributed by atoms with van der Waals surface area (Å²) in [5.74, 6) is 1.29. The number of aromatic nitrogens is 4. The number of amides is 1. The molecule has 1 atom stereocenters. The molecule has 152 valence electrons. The lowest BCUT2D eigenvalue weighted by molar-refractivity contribution is -0.191. The van der Waals surface area contributed by atoms with Gasteiger partial charge < -0.3 is 9.74 Å². The van der Waals surface area contributed by atoms with Gasteiger partial charge in [-0.15, -0.1) is 10.2 Å². The number of benzene rings is 1. The molecule has 1 amide bonds. The molecule has 10 heteroatoms. The lowest BCUT2D eigenvalue weighted by Gasteiger charge is -2.29. The molecule has 2 aromatic rings. The van der Waals surface area contributed by atoms with Crippen LogP contribution in [0, 0.1) is 6.92 Å². The van der Waals surface area contributed by atoms with Crippen LogP contribution in [0.15, 0.2) is 36.2 Å². The summed E-state index contributed by atoms with van der Waals surface area (Å²) in [6.07, 6.45) is 6.78. The summed E-state index contributed by atoms with van der Waals surface area (Å²) < 4.78 is 0. The van der Waals surface area contributed by atoms with Gasteiger partial charge in [-0.2, -0.15) is 4.80 Å². The van der Waals surface area contributed by atoms with E-state index in [0.29, 0.717) is 23.9 Å². The van der Waals surface area contributed by atoms with E-state index in [1.807, 2.05) is 19.1 Å². The Bertz CT molecular complexity index is 971. The van der Waals surface area contributed by atoms with Crippen LogP contribution in [-0.4, -0.2) is 48.9 Å². The monoisotopic (exact) mass is 415 g/mol. The molecule has 9 nitrogen and oxygen atoms in total. The first kappa shape index (κ1) is 19.4. The van der Waals surface area contributed by atoms with Crippen molar-refractivity contribution in [2.75, 3.05) is 6.54 Å². The zero-order valence-corrected chi connectivity index (χ0v) is 17.0. The number of hydrazine groups is 1. The minimum absolute atomic E-state index is 0.0712. The standard InChI is InChI=1S/C19H22ClN7O2/c1-13-11-21-27(29-13)18-4-3-9-25(18)19(28)8-6-15-5-7-17(20)10-16(15)12-26-23-14(2)22-24-26/h5-8,10-11,18,21H,3-4,9,12H2,1-2H3/b8-6+/t18-/m0/s1. The predicted molar refractivity (Wildman–Crippen MR) is 107 cm³/mol. The number of carbonyl (C=O) groups is 1. The topological polar surface area (TPSA) is 88.4 Å². The molecule has 0 unspecified atom stereocenters. The summed E-state index contributed by atoms with van der Waals surface area (Å²) >= 11 is 6.16. The third kappa shape index (κ3) is 4.41. The molecule has 1 aromatic carbocycles.